The van der Waals surface area contributed by atoms with E-state index in [1.807, 2.05) is 30.3 Å². The van der Waals surface area contributed by atoms with Crippen molar-refractivity contribution in [3.05, 3.63) is 47.6 Å². The third-order valence-electron chi connectivity index (χ3n) is 2.49. The van der Waals surface area contributed by atoms with Crippen LogP contribution in [0.15, 0.2) is 34.9 Å². The zero-order valence-corrected chi connectivity index (χ0v) is 9.58. The van der Waals surface area contributed by atoms with Crippen LogP contribution in [0.4, 0.5) is 0 Å². The smallest absolute Gasteiger partial charge is 0.246 e. The molecule has 1 aromatic carbocycles. The molecule has 2 rings (SSSR count). The molecule has 1 aromatic heterocycles. The van der Waals surface area contributed by atoms with Crippen LogP contribution in [-0.4, -0.2) is 21.4 Å². The predicted molar refractivity (Wildman–Crippen MR) is 62.2 cm³/mol. The van der Waals surface area contributed by atoms with Crippen molar-refractivity contribution in [1.82, 2.24) is 10.1 Å². The van der Waals surface area contributed by atoms with Gasteiger partial charge in [-0.1, -0.05) is 35.5 Å². The van der Waals surface area contributed by atoms with Gasteiger partial charge in [0.05, 0.1) is 6.10 Å². The van der Waals surface area contributed by atoms with E-state index >= 15 is 0 Å². The lowest BCUT2D eigenvalue weighted by molar-refractivity contribution is 0.146. The maximum atomic E-state index is 9.32. The molecule has 0 saturated heterocycles. The fourth-order valence-corrected chi connectivity index (χ4v) is 1.46. The Bertz CT molecular complexity index is 468. The standard InChI is InChI=1S/C12H15N3O2/c1-8(16)11(13)12-14-10(15-17-12)7-9-5-3-2-4-6-9/h2-6,8,11,16H,7,13H2,1H3. The van der Waals surface area contributed by atoms with E-state index in [2.05, 4.69) is 10.1 Å². The fraction of sp³-hybridized carbons (Fsp3) is 0.333. The minimum Gasteiger partial charge on any atom is -0.391 e. The minimum atomic E-state index is -0.708. The lowest BCUT2D eigenvalue weighted by atomic mass is 10.1. The summed E-state index contributed by atoms with van der Waals surface area (Å²) in [5.41, 5.74) is 6.80. The van der Waals surface area contributed by atoms with E-state index in [-0.39, 0.29) is 5.89 Å². The van der Waals surface area contributed by atoms with Gasteiger partial charge in [-0.25, -0.2) is 0 Å². The van der Waals surface area contributed by atoms with Crippen molar-refractivity contribution in [2.75, 3.05) is 0 Å². The number of aliphatic hydroxyl groups is 1. The van der Waals surface area contributed by atoms with Crippen LogP contribution in [0.25, 0.3) is 0 Å². The summed E-state index contributed by atoms with van der Waals surface area (Å²) in [5.74, 6) is 0.841. The van der Waals surface area contributed by atoms with Crippen LogP contribution in [0.1, 0.15) is 30.2 Å². The number of benzene rings is 1. The highest BCUT2D eigenvalue weighted by molar-refractivity contribution is 5.18. The van der Waals surface area contributed by atoms with Crippen LogP contribution >= 0.6 is 0 Å². The molecule has 2 aromatic rings. The van der Waals surface area contributed by atoms with Crippen LogP contribution in [-0.2, 0) is 6.42 Å². The molecule has 1 heterocycles. The van der Waals surface area contributed by atoms with Crippen molar-refractivity contribution < 1.29 is 9.63 Å². The van der Waals surface area contributed by atoms with E-state index in [9.17, 15) is 5.11 Å². The first kappa shape index (κ1) is 11.8. The Balaban J connectivity index is 2.09. The summed E-state index contributed by atoms with van der Waals surface area (Å²) in [6, 6.07) is 9.21. The zero-order valence-electron chi connectivity index (χ0n) is 9.58. The van der Waals surface area contributed by atoms with Crippen molar-refractivity contribution in [3.8, 4) is 0 Å². The number of hydrogen-bond acceptors (Lipinski definition) is 5. The highest BCUT2D eigenvalue weighted by Gasteiger charge is 2.19. The molecule has 0 aliphatic heterocycles. The quantitative estimate of drug-likeness (QED) is 0.824. The van der Waals surface area contributed by atoms with Crippen LogP contribution in [0, 0.1) is 0 Å². The second-order valence-electron chi connectivity index (χ2n) is 3.98. The monoisotopic (exact) mass is 233 g/mol. The minimum absolute atomic E-state index is 0.269. The number of nitrogens with zero attached hydrogens (tertiary/aromatic N) is 2. The number of aliphatic hydroxyl groups excluding tert-OH is 1. The Morgan fingerprint density at radius 2 is 2.06 bits per heavy atom. The summed E-state index contributed by atoms with van der Waals surface area (Å²) in [7, 11) is 0. The van der Waals surface area contributed by atoms with Crippen LogP contribution < -0.4 is 5.73 Å². The van der Waals surface area contributed by atoms with Crippen LogP contribution in [0.2, 0.25) is 0 Å². The Morgan fingerprint density at radius 1 is 1.35 bits per heavy atom. The Hall–Kier alpha value is -1.72. The molecule has 2 unspecified atom stereocenters. The van der Waals surface area contributed by atoms with E-state index in [0.717, 1.165) is 5.56 Å². The summed E-state index contributed by atoms with van der Waals surface area (Å²) in [4.78, 5) is 4.16. The molecule has 0 radical (unpaired) electrons. The summed E-state index contributed by atoms with van der Waals surface area (Å²) in [6.07, 6.45) is -0.114. The van der Waals surface area contributed by atoms with E-state index < -0.39 is 12.1 Å². The lowest BCUT2D eigenvalue weighted by Gasteiger charge is -2.08. The molecule has 0 amide bonds. The molecule has 5 nitrogen and oxygen atoms in total. The second-order valence-corrected chi connectivity index (χ2v) is 3.98. The van der Waals surface area contributed by atoms with Crippen molar-refractivity contribution >= 4 is 0 Å². The molecule has 0 bridgehead atoms. The second kappa shape index (κ2) is 5.07. The molecule has 0 saturated carbocycles. The molecule has 0 aliphatic carbocycles. The first-order valence-corrected chi connectivity index (χ1v) is 5.47. The van der Waals surface area contributed by atoms with E-state index in [1.54, 1.807) is 6.92 Å². The van der Waals surface area contributed by atoms with Gasteiger partial charge >= 0.3 is 0 Å². The van der Waals surface area contributed by atoms with E-state index in [0.29, 0.717) is 12.2 Å². The number of rotatable bonds is 4. The van der Waals surface area contributed by atoms with Crippen molar-refractivity contribution in [2.24, 2.45) is 5.73 Å². The molecule has 0 spiro atoms. The fourth-order valence-electron chi connectivity index (χ4n) is 1.46. The largest absolute Gasteiger partial charge is 0.391 e. The number of hydrogen-bond donors (Lipinski definition) is 2. The van der Waals surface area contributed by atoms with Gasteiger partial charge in [-0.3, -0.25) is 0 Å². The molecular weight excluding hydrogens is 218 g/mol. The average Bonchev–Trinajstić information content (AvgIpc) is 2.77. The molecule has 17 heavy (non-hydrogen) atoms. The topological polar surface area (TPSA) is 85.2 Å². The molecule has 90 valence electrons. The summed E-state index contributed by atoms with van der Waals surface area (Å²) in [5, 5.41) is 13.2. The van der Waals surface area contributed by atoms with Crippen LogP contribution in [0.3, 0.4) is 0 Å². The lowest BCUT2D eigenvalue weighted by Crippen LogP contribution is -2.23. The van der Waals surface area contributed by atoms with Gasteiger partial charge in [0, 0.05) is 6.42 Å². The summed E-state index contributed by atoms with van der Waals surface area (Å²) < 4.78 is 5.01. The van der Waals surface area contributed by atoms with Crippen LogP contribution in [0.5, 0.6) is 0 Å². The van der Waals surface area contributed by atoms with Crippen molar-refractivity contribution in [3.63, 3.8) is 0 Å². The highest BCUT2D eigenvalue weighted by atomic mass is 16.5. The van der Waals surface area contributed by atoms with Gasteiger partial charge in [-0.2, -0.15) is 4.98 Å². The molecule has 0 fully saturated rings. The predicted octanol–water partition coefficient (Wildman–Crippen LogP) is 1.04. The first-order valence-electron chi connectivity index (χ1n) is 5.47. The van der Waals surface area contributed by atoms with E-state index in [4.69, 9.17) is 10.3 Å². The summed E-state index contributed by atoms with van der Waals surface area (Å²) in [6.45, 7) is 1.59. The van der Waals surface area contributed by atoms with Gasteiger partial charge in [-0.15, -0.1) is 0 Å². The first-order chi connectivity index (χ1) is 8.16. The van der Waals surface area contributed by atoms with Crippen molar-refractivity contribution in [1.29, 1.82) is 0 Å². The molecule has 0 aliphatic rings. The highest BCUT2D eigenvalue weighted by Crippen LogP contribution is 2.13. The normalized spacial score (nSPS) is 14.5. The maximum absolute atomic E-state index is 9.32. The molecule has 5 heteroatoms. The zero-order chi connectivity index (χ0) is 12.3. The number of nitrogens with two attached hydrogens (primary N) is 1. The molecule has 2 atom stereocenters. The maximum Gasteiger partial charge on any atom is 0.246 e. The Morgan fingerprint density at radius 3 is 2.71 bits per heavy atom. The number of aromatic nitrogens is 2. The third kappa shape index (κ3) is 2.89. The van der Waals surface area contributed by atoms with Gasteiger partial charge in [0.25, 0.3) is 0 Å². The Labute approximate surface area is 99.3 Å². The van der Waals surface area contributed by atoms with Gasteiger partial charge in [0.2, 0.25) is 5.89 Å². The Kier molecular flexibility index (Phi) is 3.51. The van der Waals surface area contributed by atoms with Gasteiger partial charge < -0.3 is 15.4 Å². The van der Waals surface area contributed by atoms with E-state index in [1.165, 1.54) is 0 Å². The third-order valence-corrected chi connectivity index (χ3v) is 2.49. The van der Waals surface area contributed by atoms with Gasteiger partial charge in [-0.05, 0) is 12.5 Å². The summed E-state index contributed by atoms with van der Waals surface area (Å²) >= 11 is 0. The van der Waals surface area contributed by atoms with Gasteiger partial charge in [0.15, 0.2) is 5.82 Å². The molecular formula is C12H15N3O2. The van der Waals surface area contributed by atoms with Gasteiger partial charge in [0.1, 0.15) is 6.04 Å². The van der Waals surface area contributed by atoms with Crippen molar-refractivity contribution in [2.45, 2.75) is 25.5 Å². The SMILES string of the molecule is CC(O)C(N)c1nc(Cc2ccccc2)no1. The average molecular weight is 233 g/mol. The molecule has 3 N–H and O–H groups in total.